The molecule has 23 heavy (non-hydrogen) atoms. The molecule has 1 aliphatic heterocycles. The summed E-state index contributed by atoms with van der Waals surface area (Å²) in [4.78, 5) is 40.5. The smallest absolute Gasteiger partial charge is 0.266 e. The molecule has 2 aromatic carbocycles. The molecule has 3 aromatic rings. The van der Waals surface area contributed by atoms with Gasteiger partial charge in [-0.15, -0.1) is 0 Å². The predicted octanol–water partition coefficient (Wildman–Crippen LogP) is 1.17. The van der Waals surface area contributed by atoms with Gasteiger partial charge in [0.25, 0.3) is 5.56 Å². The second kappa shape index (κ2) is 4.33. The maximum atomic E-state index is 13.4. The molecular weight excluding hydrogens is 301 g/mol. The number of rotatable bonds is 1. The lowest BCUT2D eigenvalue weighted by Gasteiger charge is -2.06. The summed E-state index contributed by atoms with van der Waals surface area (Å²) in [6, 6.07) is 7.82. The third-order valence-electron chi connectivity index (χ3n) is 3.80. The average molecular weight is 309 g/mol. The maximum Gasteiger partial charge on any atom is 0.266 e. The molecule has 112 valence electrons. The van der Waals surface area contributed by atoms with E-state index in [1.165, 1.54) is 24.3 Å². The first-order valence-corrected chi connectivity index (χ1v) is 6.68. The second-order valence-corrected chi connectivity index (χ2v) is 5.16. The minimum absolute atomic E-state index is 0.0741. The third kappa shape index (κ3) is 1.73. The van der Waals surface area contributed by atoms with Crippen LogP contribution in [0.2, 0.25) is 0 Å². The van der Waals surface area contributed by atoms with E-state index in [1.807, 2.05) is 0 Å². The van der Waals surface area contributed by atoms with Crippen LogP contribution in [-0.4, -0.2) is 21.2 Å². The zero-order chi connectivity index (χ0) is 16.3. The molecule has 7 heteroatoms. The number of fused-ring (bicyclic) bond motifs is 4. The van der Waals surface area contributed by atoms with Crippen molar-refractivity contribution < 1.29 is 14.0 Å². The monoisotopic (exact) mass is 309 g/mol. The molecule has 2 heterocycles. The van der Waals surface area contributed by atoms with Crippen molar-refractivity contribution in [2.45, 2.75) is 0 Å². The zero-order valence-electron chi connectivity index (χ0n) is 11.5. The highest BCUT2D eigenvalue weighted by atomic mass is 19.1. The molecule has 1 amide bonds. The summed E-state index contributed by atoms with van der Waals surface area (Å²) in [7, 11) is 0. The van der Waals surface area contributed by atoms with Crippen LogP contribution in [0.15, 0.2) is 41.2 Å². The number of amides is 1. The molecule has 1 aliphatic rings. The van der Waals surface area contributed by atoms with Crippen LogP contribution in [0.4, 0.5) is 4.39 Å². The molecule has 0 aliphatic carbocycles. The first-order chi connectivity index (χ1) is 11.0. The van der Waals surface area contributed by atoms with Crippen molar-refractivity contribution in [3.63, 3.8) is 0 Å². The Hall–Kier alpha value is -3.35. The number of nitrogens with two attached hydrogens (primary N) is 1. The Bertz CT molecular complexity index is 1100. The van der Waals surface area contributed by atoms with Crippen molar-refractivity contribution in [3.8, 4) is 5.69 Å². The fourth-order valence-corrected chi connectivity index (χ4v) is 2.72. The standard InChI is InChI=1S/C16H8FN3O3/c17-8-2-4-12-10(6-8)13(21)15-19-11-3-1-7(14(18)22)5-9(11)16(23)20(12)15/h1-6H,(H2,18,22). The van der Waals surface area contributed by atoms with Gasteiger partial charge in [0.2, 0.25) is 11.7 Å². The molecule has 0 saturated carbocycles. The Morgan fingerprint density at radius 1 is 1.13 bits per heavy atom. The minimum atomic E-state index is -0.671. The predicted molar refractivity (Wildman–Crippen MR) is 79.2 cm³/mol. The summed E-state index contributed by atoms with van der Waals surface area (Å²) in [6.07, 6.45) is 0. The zero-order valence-corrected chi connectivity index (χ0v) is 11.5. The summed E-state index contributed by atoms with van der Waals surface area (Å²) in [5.74, 6) is -1.83. The Morgan fingerprint density at radius 2 is 1.91 bits per heavy atom. The van der Waals surface area contributed by atoms with Gasteiger partial charge in [-0.05, 0) is 36.4 Å². The molecule has 0 spiro atoms. The SMILES string of the molecule is NC(=O)c1ccc2nc3n(c(=O)c2c1)-c1ccc(F)cc1C3=O. The first kappa shape index (κ1) is 13.3. The van der Waals surface area contributed by atoms with Crippen molar-refractivity contribution in [1.29, 1.82) is 0 Å². The van der Waals surface area contributed by atoms with Crippen molar-refractivity contribution in [3.05, 3.63) is 69.5 Å². The van der Waals surface area contributed by atoms with Gasteiger partial charge in [0.1, 0.15) is 5.82 Å². The lowest BCUT2D eigenvalue weighted by atomic mass is 10.1. The van der Waals surface area contributed by atoms with Gasteiger partial charge < -0.3 is 5.73 Å². The highest BCUT2D eigenvalue weighted by Crippen LogP contribution is 2.27. The van der Waals surface area contributed by atoms with E-state index in [1.54, 1.807) is 0 Å². The van der Waals surface area contributed by atoms with E-state index in [0.29, 0.717) is 0 Å². The van der Waals surface area contributed by atoms with Gasteiger partial charge in [-0.3, -0.25) is 19.0 Å². The van der Waals surface area contributed by atoms with Crippen molar-refractivity contribution in [2.24, 2.45) is 5.73 Å². The van der Waals surface area contributed by atoms with E-state index < -0.39 is 23.1 Å². The number of aromatic nitrogens is 2. The van der Waals surface area contributed by atoms with Crippen LogP contribution in [0.1, 0.15) is 26.5 Å². The largest absolute Gasteiger partial charge is 0.366 e. The summed E-state index contributed by atoms with van der Waals surface area (Å²) in [5, 5.41) is 0.162. The van der Waals surface area contributed by atoms with E-state index >= 15 is 0 Å². The van der Waals surface area contributed by atoms with Crippen molar-refractivity contribution >= 4 is 22.6 Å². The van der Waals surface area contributed by atoms with Crippen molar-refractivity contribution in [2.75, 3.05) is 0 Å². The molecule has 0 fully saturated rings. The number of carbonyl (C=O) groups excluding carboxylic acids is 2. The number of ketones is 1. The molecule has 0 radical (unpaired) electrons. The van der Waals surface area contributed by atoms with E-state index in [2.05, 4.69) is 4.98 Å². The first-order valence-electron chi connectivity index (χ1n) is 6.68. The number of halogens is 1. The van der Waals surface area contributed by atoms with E-state index in [-0.39, 0.29) is 33.5 Å². The molecule has 6 nitrogen and oxygen atoms in total. The topological polar surface area (TPSA) is 95.1 Å². The van der Waals surface area contributed by atoms with Gasteiger partial charge in [-0.25, -0.2) is 9.37 Å². The number of hydrogen-bond acceptors (Lipinski definition) is 4. The lowest BCUT2D eigenvalue weighted by molar-refractivity contribution is 0.0998. The van der Waals surface area contributed by atoms with Crippen molar-refractivity contribution in [1.82, 2.24) is 9.55 Å². The fourth-order valence-electron chi connectivity index (χ4n) is 2.72. The summed E-state index contributed by atoms with van der Waals surface area (Å²) in [6.45, 7) is 0. The summed E-state index contributed by atoms with van der Waals surface area (Å²) >= 11 is 0. The fraction of sp³-hybridized carbons (Fsp3) is 0. The van der Waals surface area contributed by atoms with Crippen LogP contribution < -0.4 is 11.3 Å². The molecule has 0 unspecified atom stereocenters. The van der Waals surface area contributed by atoms with Gasteiger partial charge in [-0.1, -0.05) is 0 Å². The lowest BCUT2D eigenvalue weighted by Crippen LogP contribution is -2.22. The van der Waals surface area contributed by atoms with Crippen LogP contribution in [0, 0.1) is 5.82 Å². The number of carbonyl (C=O) groups is 2. The third-order valence-corrected chi connectivity index (χ3v) is 3.80. The molecule has 0 saturated heterocycles. The molecule has 0 atom stereocenters. The minimum Gasteiger partial charge on any atom is -0.366 e. The average Bonchev–Trinajstić information content (AvgIpc) is 2.80. The molecule has 2 N–H and O–H groups in total. The summed E-state index contributed by atoms with van der Waals surface area (Å²) in [5.41, 5.74) is 5.51. The van der Waals surface area contributed by atoms with Crippen LogP contribution in [0.3, 0.4) is 0 Å². The Kier molecular flexibility index (Phi) is 2.51. The van der Waals surface area contributed by atoms with E-state index in [0.717, 1.165) is 16.7 Å². The number of primary amides is 1. The van der Waals surface area contributed by atoms with Gasteiger partial charge in [0.15, 0.2) is 5.82 Å². The van der Waals surface area contributed by atoms with Gasteiger partial charge in [0, 0.05) is 5.56 Å². The van der Waals surface area contributed by atoms with Crippen LogP contribution in [0.25, 0.3) is 16.6 Å². The number of benzene rings is 2. The Balaban J connectivity index is 2.12. The highest BCUT2D eigenvalue weighted by molar-refractivity contribution is 6.13. The molecule has 0 bridgehead atoms. The normalized spacial score (nSPS) is 12.3. The molecule has 4 rings (SSSR count). The highest BCUT2D eigenvalue weighted by Gasteiger charge is 2.30. The Labute approximate surface area is 128 Å². The van der Waals surface area contributed by atoms with Gasteiger partial charge in [0.05, 0.1) is 22.2 Å². The van der Waals surface area contributed by atoms with Crippen LogP contribution in [0.5, 0.6) is 0 Å². The molecular formula is C16H8FN3O3. The summed E-state index contributed by atoms with van der Waals surface area (Å²) < 4.78 is 14.5. The number of nitrogens with zero attached hydrogens (tertiary/aromatic N) is 2. The number of hydrogen-bond donors (Lipinski definition) is 1. The Morgan fingerprint density at radius 3 is 2.65 bits per heavy atom. The second-order valence-electron chi connectivity index (χ2n) is 5.16. The van der Waals surface area contributed by atoms with E-state index in [4.69, 9.17) is 5.73 Å². The molecule has 1 aromatic heterocycles. The van der Waals surface area contributed by atoms with Crippen LogP contribution >= 0.6 is 0 Å². The maximum absolute atomic E-state index is 13.4. The van der Waals surface area contributed by atoms with E-state index in [9.17, 15) is 18.8 Å². The quantitative estimate of drug-likeness (QED) is 0.571. The van der Waals surface area contributed by atoms with Gasteiger partial charge in [-0.2, -0.15) is 0 Å². The van der Waals surface area contributed by atoms with Crippen LogP contribution in [-0.2, 0) is 0 Å². The van der Waals surface area contributed by atoms with Gasteiger partial charge >= 0.3 is 0 Å².